The van der Waals surface area contributed by atoms with Crippen LogP contribution in [0.25, 0.3) is 0 Å². The van der Waals surface area contributed by atoms with Gasteiger partial charge in [-0.15, -0.1) is 0 Å². The number of hydrogen-bond acceptors (Lipinski definition) is 2. The third-order valence-electron chi connectivity index (χ3n) is 4.14. The van der Waals surface area contributed by atoms with Crippen molar-refractivity contribution >= 4 is 11.8 Å². The summed E-state index contributed by atoms with van der Waals surface area (Å²) in [4.78, 5) is 24.1. The van der Waals surface area contributed by atoms with Crippen LogP contribution < -0.4 is 10.6 Å². The van der Waals surface area contributed by atoms with Crippen LogP contribution in [0.5, 0.6) is 0 Å². The Morgan fingerprint density at radius 2 is 1.71 bits per heavy atom. The Balaban J connectivity index is 1.81. The second-order valence-electron chi connectivity index (χ2n) is 6.03. The third-order valence-corrected chi connectivity index (χ3v) is 4.14. The van der Waals surface area contributed by atoms with Gasteiger partial charge in [0, 0.05) is 11.6 Å². The Hall–Kier alpha value is -1.84. The van der Waals surface area contributed by atoms with E-state index < -0.39 is 6.04 Å². The Kier molecular flexibility index (Phi) is 5.37. The molecule has 0 radical (unpaired) electrons. The maximum Gasteiger partial charge on any atom is 0.251 e. The van der Waals surface area contributed by atoms with E-state index in [4.69, 9.17) is 0 Å². The van der Waals surface area contributed by atoms with Gasteiger partial charge in [0.25, 0.3) is 5.91 Å². The summed E-state index contributed by atoms with van der Waals surface area (Å²) < 4.78 is 0. The molecule has 1 aliphatic carbocycles. The molecule has 1 aliphatic rings. The molecule has 114 valence electrons. The highest BCUT2D eigenvalue weighted by molar-refractivity contribution is 5.97. The molecule has 1 saturated carbocycles. The molecule has 1 unspecified atom stereocenters. The van der Waals surface area contributed by atoms with Gasteiger partial charge in [-0.2, -0.15) is 0 Å². The zero-order valence-electron chi connectivity index (χ0n) is 12.8. The molecule has 21 heavy (non-hydrogen) atoms. The van der Waals surface area contributed by atoms with Gasteiger partial charge in [-0.3, -0.25) is 9.59 Å². The number of rotatable bonds is 4. The van der Waals surface area contributed by atoms with Crippen molar-refractivity contribution in [3.63, 3.8) is 0 Å². The minimum Gasteiger partial charge on any atom is -0.352 e. The maximum atomic E-state index is 12.1. The standard InChI is InChI=1S/C17H24N2O2/c1-12-8-10-15(11-9-12)19-16(20)13(2)18-17(21)14-6-4-3-5-7-14/h3-7,12-13,15H,8-11H2,1-2H3,(H,18,21)(H,19,20). The van der Waals surface area contributed by atoms with Crippen LogP contribution in [0.1, 0.15) is 49.9 Å². The molecule has 2 rings (SSSR count). The molecule has 4 heteroatoms. The van der Waals surface area contributed by atoms with Gasteiger partial charge in [0.2, 0.25) is 5.91 Å². The Bertz CT molecular complexity index is 479. The lowest BCUT2D eigenvalue weighted by Gasteiger charge is -2.28. The number of benzene rings is 1. The van der Waals surface area contributed by atoms with Crippen molar-refractivity contribution in [2.75, 3.05) is 0 Å². The zero-order chi connectivity index (χ0) is 15.2. The molecule has 4 nitrogen and oxygen atoms in total. The monoisotopic (exact) mass is 288 g/mol. The molecule has 0 aromatic heterocycles. The average molecular weight is 288 g/mol. The number of nitrogens with one attached hydrogen (secondary N) is 2. The fourth-order valence-electron chi connectivity index (χ4n) is 2.67. The van der Waals surface area contributed by atoms with Crippen LogP contribution in [0.15, 0.2) is 30.3 Å². The number of carbonyl (C=O) groups excluding carboxylic acids is 2. The molecule has 0 bridgehead atoms. The van der Waals surface area contributed by atoms with Crippen LogP contribution >= 0.6 is 0 Å². The summed E-state index contributed by atoms with van der Waals surface area (Å²) in [5.74, 6) is 0.447. The van der Waals surface area contributed by atoms with Crippen molar-refractivity contribution in [3.05, 3.63) is 35.9 Å². The molecule has 2 N–H and O–H groups in total. The van der Waals surface area contributed by atoms with E-state index in [1.165, 1.54) is 0 Å². The molecule has 1 fully saturated rings. The van der Waals surface area contributed by atoms with Gasteiger partial charge in [-0.05, 0) is 50.7 Å². The molecule has 0 heterocycles. The van der Waals surface area contributed by atoms with Gasteiger partial charge in [-0.1, -0.05) is 25.1 Å². The van der Waals surface area contributed by atoms with Gasteiger partial charge < -0.3 is 10.6 Å². The van der Waals surface area contributed by atoms with Crippen molar-refractivity contribution in [3.8, 4) is 0 Å². The summed E-state index contributed by atoms with van der Waals surface area (Å²) in [7, 11) is 0. The Labute approximate surface area is 126 Å². The lowest BCUT2D eigenvalue weighted by atomic mass is 9.87. The molecular weight excluding hydrogens is 264 g/mol. The highest BCUT2D eigenvalue weighted by atomic mass is 16.2. The van der Waals surface area contributed by atoms with Crippen molar-refractivity contribution in [1.82, 2.24) is 10.6 Å². The first-order valence-electron chi connectivity index (χ1n) is 7.72. The topological polar surface area (TPSA) is 58.2 Å². The van der Waals surface area contributed by atoms with Crippen molar-refractivity contribution in [1.29, 1.82) is 0 Å². The van der Waals surface area contributed by atoms with E-state index in [0.29, 0.717) is 5.56 Å². The van der Waals surface area contributed by atoms with E-state index in [1.54, 1.807) is 19.1 Å². The van der Waals surface area contributed by atoms with Crippen molar-refractivity contribution < 1.29 is 9.59 Å². The summed E-state index contributed by atoms with van der Waals surface area (Å²) in [6, 6.07) is 8.69. The van der Waals surface area contributed by atoms with E-state index in [9.17, 15) is 9.59 Å². The predicted molar refractivity (Wildman–Crippen MR) is 82.9 cm³/mol. The molecule has 0 spiro atoms. The molecule has 2 amide bonds. The molecule has 1 aromatic carbocycles. The van der Waals surface area contributed by atoms with Crippen LogP contribution in [0.4, 0.5) is 0 Å². The van der Waals surface area contributed by atoms with Crippen molar-refractivity contribution in [2.45, 2.75) is 51.6 Å². The van der Waals surface area contributed by atoms with Crippen LogP contribution in [-0.2, 0) is 4.79 Å². The summed E-state index contributed by atoms with van der Waals surface area (Å²) in [6.07, 6.45) is 4.39. The number of amides is 2. The fourth-order valence-corrected chi connectivity index (χ4v) is 2.67. The van der Waals surface area contributed by atoms with E-state index in [2.05, 4.69) is 17.6 Å². The highest BCUT2D eigenvalue weighted by Gasteiger charge is 2.23. The normalized spacial score (nSPS) is 23.1. The number of carbonyl (C=O) groups is 2. The molecule has 1 aromatic rings. The third kappa shape index (κ3) is 4.59. The van der Waals surface area contributed by atoms with E-state index >= 15 is 0 Å². The van der Waals surface area contributed by atoms with Gasteiger partial charge >= 0.3 is 0 Å². The van der Waals surface area contributed by atoms with E-state index in [1.807, 2.05) is 18.2 Å². The van der Waals surface area contributed by atoms with E-state index in [0.717, 1.165) is 31.6 Å². The lowest BCUT2D eigenvalue weighted by Crippen LogP contribution is -2.48. The molecule has 0 saturated heterocycles. The smallest absolute Gasteiger partial charge is 0.251 e. The van der Waals surface area contributed by atoms with Crippen LogP contribution in [-0.4, -0.2) is 23.9 Å². The van der Waals surface area contributed by atoms with Gasteiger partial charge in [0.15, 0.2) is 0 Å². The van der Waals surface area contributed by atoms with Gasteiger partial charge in [-0.25, -0.2) is 0 Å². The molecular formula is C17H24N2O2. The zero-order valence-corrected chi connectivity index (χ0v) is 12.8. The largest absolute Gasteiger partial charge is 0.352 e. The van der Waals surface area contributed by atoms with Gasteiger partial charge in [0.1, 0.15) is 6.04 Å². The summed E-state index contributed by atoms with van der Waals surface area (Å²) in [5.41, 5.74) is 0.573. The summed E-state index contributed by atoms with van der Waals surface area (Å²) >= 11 is 0. The molecule has 1 atom stereocenters. The first-order chi connectivity index (χ1) is 10.1. The van der Waals surface area contributed by atoms with Crippen LogP contribution in [0, 0.1) is 5.92 Å². The SMILES string of the molecule is CC1CCC(NC(=O)C(C)NC(=O)c2ccccc2)CC1. The van der Waals surface area contributed by atoms with Crippen LogP contribution in [0.3, 0.4) is 0 Å². The minimum atomic E-state index is -0.517. The summed E-state index contributed by atoms with van der Waals surface area (Å²) in [5, 5.41) is 5.79. The van der Waals surface area contributed by atoms with Crippen molar-refractivity contribution in [2.24, 2.45) is 5.92 Å². The van der Waals surface area contributed by atoms with Crippen LogP contribution in [0.2, 0.25) is 0 Å². The first kappa shape index (κ1) is 15.5. The second kappa shape index (κ2) is 7.25. The Morgan fingerprint density at radius 3 is 2.33 bits per heavy atom. The van der Waals surface area contributed by atoms with E-state index in [-0.39, 0.29) is 17.9 Å². The summed E-state index contributed by atoms with van der Waals surface area (Å²) in [6.45, 7) is 3.97. The highest BCUT2D eigenvalue weighted by Crippen LogP contribution is 2.23. The fraction of sp³-hybridized carbons (Fsp3) is 0.529. The molecule has 0 aliphatic heterocycles. The van der Waals surface area contributed by atoms with Gasteiger partial charge in [0.05, 0.1) is 0 Å². The Morgan fingerprint density at radius 1 is 1.10 bits per heavy atom. The average Bonchev–Trinajstić information content (AvgIpc) is 2.50. The number of hydrogen-bond donors (Lipinski definition) is 2. The maximum absolute atomic E-state index is 12.1. The minimum absolute atomic E-state index is 0.0983. The quantitative estimate of drug-likeness (QED) is 0.894. The predicted octanol–water partition coefficient (Wildman–Crippen LogP) is 2.50. The lowest BCUT2D eigenvalue weighted by molar-refractivity contribution is -0.123. The first-order valence-corrected chi connectivity index (χ1v) is 7.72. The second-order valence-corrected chi connectivity index (χ2v) is 6.03.